The van der Waals surface area contributed by atoms with E-state index in [-0.39, 0.29) is 0 Å². The Labute approximate surface area is 138 Å². The van der Waals surface area contributed by atoms with Crippen molar-refractivity contribution in [3.63, 3.8) is 0 Å². The Morgan fingerprint density at radius 2 is 2.00 bits per heavy atom. The number of hydrogen-bond acceptors (Lipinski definition) is 5. The van der Waals surface area contributed by atoms with Gasteiger partial charge < -0.3 is 4.57 Å². The summed E-state index contributed by atoms with van der Waals surface area (Å²) in [5.41, 5.74) is 0. The predicted molar refractivity (Wildman–Crippen MR) is 88.5 cm³/mol. The molecule has 2 aliphatic rings. The lowest BCUT2D eigenvalue weighted by molar-refractivity contribution is 0.193. The highest BCUT2D eigenvalue weighted by Crippen LogP contribution is 2.38. The van der Waals surface area contributed by atoms with Crippen molar-refractivity contribution >= 4 is 10.0 Å². The number of rotatable bonds is 6. The Morgan fingerprint density at radius 3 is 2.65 bits per heavy atom. The van der Waals surface area contributed by atoms with E-state index < -0.39 is 10.0 Å². The highest BCUT2D eigenvalue weighted by molar-refractivity contribution is 7.88. The van der Waals surface area contributed by atoms with Gasteiger partial charge in [0.25, 0.3) is 0 Å². The zero-order chi connectivity index (χ0) is 16.6. The standard InChI is InChI=1S/C15H27N5O2S/c1-18(9-12-5-4-8-20(10-12)23(3,21)22)11-14-16-17-15(19(14)2)13-6-7-13/h12-13H,4-11H2,1-3H3. The van der Waals surface area contributed by atoms with Crippen molar-refractivity contribution in [1.29, 1.82) is 0 Å². The quantitative estimate of drug-likeness (QED) is 0.765. The number of hydrogen-bond donors (Lipinski definition) is 0. The number of aromatic nitrogens is 3. The molecule has 130 valence electrons. The van der Waals surface area contributed by atoms with Gasteiger partial charge in [0.05, 0.1) is 12.8 Å². The van der Waals surface area contributed by atoms with Crippen LogP contribution in [0.4, 0.5) is 0 Å². The second-order valence-electron chi connectivity index (χ2n) is 7.13. The minimum atomic E-state index is -3.07. The van der Waals surface area contributed by atoms with E-state index in [1.807, 2.05) is 7.05 Å². The van der Waals surface area contributed by atoms with Gasteiger partial charge in [-0.25, -0.2) is 12.7 Å². The maximum Gasteiger partial charge on any atom is 0.211 e. The predicted octanol–water partition coefficient (Wildman–Crippen LogP) is 0.796. The minimum Gasteiger partial charge on any atom is -0.317 e. The molecule has 0 aromatic carbocycles. The molecule has 0 N–H and O–H groups in total. The van der Waals surface area contributed by atoms with Crippen LogP contribution in [0.5, 0.6) is 0 Å². The molecule has 1 aromatic heterocycles. The average Bonchev–Trinajstić information content (AvgIpc) is 3.25. The molecule has 2 heterocycles. The first kappa shape index (κ1) is 16.9. The van der Waals surface area contributed by atoms with Crippen LogP contribution in [0, 0.1) is 5.92 Å². The van der Waals surface area contributed by atoms with Crippen LogP contribution in [0.3, 0.4) is 0 Å². The summed E-state index contributed by atoms with van der Waals surface area (Å²) in [4.78, 5) is 2.23. The van der Waals surface area contributed by atoms with Crippen molar-refractivity contribution in [1.82, 2.24) is 24.0 Å². The maximum atomic E-state index is 11.7. The van der Waals surface area contributed by atoms with E-state index in [1.165, 1.54) is 19.1 Å². The average molecular weight is 341 g/mol. The molecule has 2 fully saturated rings. The molecule has 23 heavy (non-hydrogen) atoms. The first-order valence-electron chi connectivity index (χ1n) is 8.36. The van der Waals surface area contributed by atoms with Crippen molar-refractivity contribution < 1.29 is 8.42 Å². The Kier molecular flexibility index (Phi) is 4.75. The summed E-state index contributed by atoms with van der Waals surface area (Å²) in [6.45, 7) is 2.94. The fraction of sp³-hybridized carbons (Fsp3) is 0.867. The first-order chi connectivity index (χ1) is 10.8. The van der Waals surface area contributed by atoms with Gasteiger partial charge in [-0.3, -0.25) is 4.90 Å². The SMILES string of the molecule is CN(Cc1nnc(C2CC2)n1C)CC1CCCN(S(C)(=O)=O)C1. The van der Waals surface area contributed by atoms with Crippen LogP contribution in [-0.4, -0.2) is 65.3 Å². The van der Waals surface area contributed by atoms with Crippen LogP contribution in [-0.2, 0) is 23.6 Å². The van der Waals surface area contributed by atoms with Crippen molar-refractivity contribution in [2.45, 2.75) is 38.1 Å². The third kappa shape index (κ3) is 4.10. The molecule has 1 saturated heterocycles. The Bertz CT molecular complexity index is 653. The zero-order valence-electron chi connectivity index (χ0n) is 14.3. The molecule has 0 radical (unpaired) electrons. The molecule has 1 saturated carbocycles. The lowest BCUT2D eigenvalue weighted by Gasteiger charge is -2.33. The van der Waals surface area contributed by atoms with Crippen LogP contribution in [0.25, 0.3) is 0 Å². The second-order valence-corrected chi connectivity index (χ2v) is 9.12. The summed E-state index contributed by atoms with van der Waals surface area (Å²) in [5, 5.41) is 8.65. The van der Waals surface area contributed by atoms with E-state index in [9.17, 15) is 8.42 Å². The topological polar surface area (TPSA) is 71.3 Å². The Hall–Kier alpha value is -0.990. The van der Waals surface area contributed by atoms with E-state index in [1.54, 1.807) is 4.31 Å². The zero-order valence-corrected chi connectivity index (χ0v) is 15.1. The summed E-state index contributed by atoms with van der Waals surface area (Å²) in [6.07, 6.45) is 5.79. The van der Waals surface area contributed by atoms with Crippen LogP contribution < -0.4 is 0 Å². The molecule has 8 heteroatoms. The van der Waals surface area contributed by atoms with E-state index in [2.05, 4.69) is 26.7 Å². The van der Waals surface area contributed by atoms with Crippen molar-refractivity contribution in [2.24, 2.45) is 13.0 Å². The van der Waals surface area contributed by atoms with E-state index in [0.29, 0.717) is 24.9 Å². The van der Waals surface area contributed by atoms with Crippen LogP contribution in [0.15, 0.2) is 0 Å². The van der Waals surface area contributed by atoms with Crippen molar-refractivity contribution in [3.8, 4) is 0 Å². The van der Waals surface area contributed by atoms with Gasteiger partial charge in [0.1, 0.15) is 11.6 Å². The molecule has 7 nitrogen and oxygen atoms in total. The van der Waals surface area contributed by atoms with Crippen molar-refractivity contribution in [3.05, 3.63) is 11.6 Å². The highest BCUT2D eigenvalue weighted by atomic mass is 32.2. The summed E-state index contributed by atoms with van der Waals surface area (Å²) < 4.78 is 27.2. The maximum absolute atomic E-state index is 11.7. The van der Waals surface area contributed by atoms with Crippen LogP contribution >= 0.6 is 0 Å². The highest BCUT2D eigenvalue weighted by Gasteiger charge is 2.30. The summed E-state index contributed by atoms with van der Waals surface area (Å²) in [6, 6.07) is 0. The van der Waals surface area contributed by atoms with Gasteiger partial charge in [-0.15, -0.1) is 10.2 Å². The molecule has 1 aromatic rings. The molecule has 1 aliphatic carbocycles. The van der Waals surface area contributed by atoms with Crippen LogP contribution in [0.1, 0.15) is 43.3 Å². The van der Waals surface area contributed by atoms with E-state index in [4.69, 9.17) is 0 Å². The number of sulfonamides is 1. The van der Waals surface area contributed by atoms with Gasteiger partial charge in [0.2, 0.25) is 10.0 Å². The number of nitrogens with zero attached hydrogens (tertiary/aromatic N) is 5. The minimum absolute atomic E-state index is 0.389. The molecule has 1 unspecified atom stereocenters. The lowest BCUT2D eigenvalue weighted by Crippen LogP contribution is -2.42. The molecular formula is C15H27N5O2S. The van der Waals surface area contributed by atoms with Crippen LogP contribution in [0.2, 0.25) is 0 Å². The Balaban J connectivity index is 1.55. The molecule has 1 atom stereocenters. The third-order valence-corrected chi connectivity index (χ3v) is 6.14. The van der Waals surface area contributed by atoms with Gasteiger partial charge in [-0.2, -0.15) is 0 Å². The summed E-state index contributed by atoms with van der Waals surface area (Å²) in [7, 11) is 1.05. The normalized spacial score (nSPS) is 23.6. The van der Waals surface area contributed by atoms with Gasteiger partial charge >= 0.3 is 0 Å². The van der Waals surface area contributed by atoms with Gasteiger partial charge in [-0.1, -0.05) is 0 Å². The molecule has 1 aliphatic heterocycles. The largest absolute Gasteiger partial charge is 0.317 e. The van der Waals surface area contributed by atoms with E-state index in [0.717, 1.165) is 37.6 Å². The molecule has 0 amide bonds. The van der Waals surface area contributed by atoms with Gasteiger partial charge in [-0.05, 0) is 38.6 Å². The molecule has 3 rings (SSSR count). The second kappa shape index (κ2) is 6.49. The summed E-state index contributed by atoms with van der Waals surface area (Å²) in [5.74, 6) is 3.09. The Morgan fingerprint density at radius 1 is 1.26 bits per heavy atom. The number of piperidine rings is 1. The monoisotopic (exact) mass is 341 g/mol. The van der Waals surface area contributed by atoms with Crippen molar-refractivity contribution in [2.75, 3.05) is 32.9 Å². The lowest BCUT2D eigenvalue weighted by atomic mass is 9.99. The third-order valence-electron chi connectivity index (χ3n) is 4.87. The smallest absolute Gasteiger partial charge is 0.211 e. The fourth-order valence-electron chi connectivity index (χ4n) is 3.43. The fourth-order valence-corrected chi connectivity index (χ4v) is 4.38. The molecule has 0 spiro atoms. The molecule has 0 bridgehead atoms. The van der Waals surface area contributed by atoms with Gasteiger partial charge in [0, 0.05) is 32.6 Å². The van der Waals surface area contributed by atoms with E-state index >= 15 is 0 Å². The van der Waals surface area contributed by atoms with Gasteiger partial charge in [0.15, 0.2) is 0 Å². The molecular weight excluding hydrogens is 314 g/mol. The first-order valence-corrected chi connectivity index (χ1v) is 10.2. The summed E-state index contributed by atoms with van der Waals surface area (Å²) >= 11 is 0.